The Balaban J connectivity index is 2.20. The van der Waals surface area contributed by atoms with Crippen molar-refractivity contribution < 1.29 is 9.84 Å². The van der Waals surface area contributed by atoms with Crippen LogP contribution in [0.2, 0.25) is 0 Å². The molecule has 0 atom stereocenters. The summed E-state index contributed by atoms with van der Waals surface area (Å²) < 4.78 is 6.95. The first kappa shape index (κ1) is 10.6. The van der Waals surface area contributed by atoms with Crippen molar-refractivity contribution in [2.75, 3.05) is 6.61 Å². The molecule has 1 heterocycles. The zero-order valence-electron chi connectivity index (χ0n) is 9.00. The molecule has 84 valence electrons. The lowest BCUT2D eigenvalue weighted by atomic mass is 10.3. The Bertz CT molecular complexity index is 451. The van der Waals surface area contributed by atoms with E-state index in [4.69, 9.17) is 9.84 Å². The Morgan fingerprint density at radius 3 is 2.62 bits per heavy atom. The molecule has 5 heteroatoms. The smallest absolute Gasteiger partial charge is 0.119 e. The molecule has 0 amide bonds. The van der Waals surface area contributed by atoms with E-state index in [-0.39, 0.29) is 6.61 Å². The fourth-order valence-electron chi connectivity index (χ4n) is 1.36. The highest BCUT2D eigenvalue weighted by molar-refractivity contribution is 5.36. The number of aliphatic hydroxyl groups excluding tert-OH is 1. The Kier molecular flexibility index (Phi) is 3.16. The van der Waals surface area contributed by atoms with E-state index in [1.165, 1.54) is 0 Å². The van der Waals surface area contributed by atoms with E-state index in [0.29, 0.717) is 12.3 Å². The Hall–Kier alpha value is -1.88. The van der Waals surface area contributed by atoms with Gasteiger partial charge in [-0.25, -0.2) is 4.68 Å². The van der Waals surface area contributed by atoms with Gasteiger partial charge in [-0.3, -0.25) is 0 Å². The van der Waals surface area contributed by atoms with Crippen LogP contribution in [-0.4, -0.2) is 26.7 Å². The summed E-state index contributed by atoms with van der Waals surface area (Å²) >= 11 is 0. The van der Waals surface area contributed by atoms with Gasteiger partial charge < -0.3 is 9.84 Å². The molecule has 5 nitrogen and oxygen atoms in total. The predicted octanol–water partition coefficient (Wildman–Crippen LogP) is 1.16. The Morgan fingerprint density at radius 1 is 1.31 bits per heavy atom. The number of ether oxygens (including phenoxy) is 1. The largest absolute Gasteiger partial charge is 0.494 e. The number of benzene rings is 1. The van der Waals surface area contributed by atoms with Crippen molar-refractivity contribution in [3.63, 3.8) is 0 Å². The van der Waals surface area contributed by atoms with Crippen molar-refractivity contribution in [3.8, 4) is 11.4 Å². The Morgan fingerprint density at radius 2 is 2.06 bits per heavy atom. The average molecular weight is 219 g/mol. The summed E-state index contributed by atoms with van der Waals surface area (Å²) in [7, 11) is 0. The second kappa shape index (κ2) is 4.76. The summed E-state index contributed by atoms with van der Waals surface area (Å²) in [6, 6.07) is 7.53. The molecule has 0 aliphatic rings. The fraction of sp³-hybridized carbons (Fsp3) is 0.273. The van der Waals surface area contributed by atoms with Crippen molar-refractivity contribution in [2.24, 2.45) is 0 Å². The maximum Gasteiger partial charge on any atom is 0.119 e. The van der Waals surface area contributed by atoms with Gasteiger partial charge in [0.2, 0.25) is 0 Å². The van der Waals surface area contributed by atoms with Crippen LogP contribution in [0.3, 0.4) is 0 Å². The van der Waals surface area contributed by atoms with Crippen LogP contribution in [0.4, 0.5) is 0 Å². The predicted molar refractivity (Wildman–Crippen MR) is 58.5 cm³/mol. The molecule has 2 rings (SSSR count). The zero-order chi connectivity index (χ0) is 11.4. The van der Waals surface area contributed by atoms with E-state index < -0.39 is 0 Å². The molecule has 1 N–H and O–H groups in total. The van der Waals surface area contributed by atoms with Crippen LogP contribution in [-0.2, 0) is 6.61 Å². The minimum atomic E-state index is -0.100. The van der Waals surface area contributed by atoms with Crippen molar-refractivity contribution in [1.29, 1.82) is 0 Å². The molecule has 1 aromatic heterocycles. The summed E-state index contributed by atoms with van der Waals surface area (Å²) in [5.41, 5.74) is 1.43. The van der Waals surface area contributed by atoms with E-state index in [0.717, 1.165) is 11.4 Å². The van der Waals surface area contributed by atoms with Crippen molar-refractivity contribution in [1.82, 2.24) is 15.0 Å². The first-order chi connectivity index (χ1) is 7.83. The highest BCUT2D eigenvalue weighted by Gasteiger charge is 2.01. The fourth-order valence-corrected chi connectivity index (χ4v) is 1.36. The number of hydrogen-bond acceptors (Lipinski definition) is 4. The lowest BCUT2D eigenvalue weighted by Gasteiger charge is -2.04. The summed E-state index contributed by atoms with van der Waals surface area (Å²) in [4.78, 5) is 0. The van der Waals surface area contributed by atoms with Gasteiger partial charge in [0.25, 0.3) is 0 Å². The van der Waals surface area contributed by atoms with Crippen LogP contribution < -0.4 is 4.74 Å². The molecule has 2 aromatic rings. The van der Waals surface area contributed by atoms with Crippen LogP contribution >= 0.6 is 0 Å². The van der Waals surface area contributed by atoms with Crippen LogP contribution in [0.25, 0.3) is 5.69 Å². The summed E-state index contributed by atoms with van der Waals surface area (Å²) in [5.74, 6) is 0.828. The van der Waals surface area contributed by atoms with Gasteiger partial charge in [0.15, 0.2) is 0 Å². The first-order valence-electron chi connectivity index (χ1n) is 5.09. The van der Waals surface area contributed by atoms with Crippen LogP contribution in [0.5, 0.6) is 5.75 Å². The van der Waals surface area contributed by atoms with Crippen molar-refractivity contribution >= 4 is 0 Å². The van der Waals surface area contributed by atoms with Crippen molar-refractivity contribution in [2.45, 2.75) is 13.5 Å². The van der Waals surface area contributed by atoms with Crippen LogP contribution in [0, 0.1) is 0 Å². The van der Waals surface area contributed by atoms with Gasteiger partial charge in [-0.05, 0) is 31.2 Å². The minimum absolute atomic E-state index is 0.100. The summed E-state index contributed by atoms with van der Waals surface area (Å²) in [6.45, 7) is 2.49. The third-order valence-corrected chi connectivity index (χ3v) is 2.12. The second-order valence-corrected chi connectivity index (χ2v) is 3.24. The topological polar surface area (TPSA) is 60.2 Å². The minimum Gasteiger partial charge on any atom is -0.494 e. The molecular formula is C11H13N3O2. The third kappa shape index (κ3) is 2.20. The SMILES string of the molecule is CCOc1ccc(-n2cc(CO)nn2)cc1. The third-order valence-electron chi connectivity index (χ3n) is 2.12. The number of hydrogen-bond donors (Lipinski definition) is 1. The van der Waals surface area contributed by atoms with Crippen molar-refractivity contribution in [3.05, 3.63) is 36.2 Å². The van der Waals surface area contributed by atoms with E-state index >= 15 is 0 Å². The molecule has 0 bridgehead atoms. The van der Waals surface area contributed by atoms with Crippen LogP contribution in [0.1, 0.15) is 12.6 Å². The number of aromatic nitrogens is 3. The first-order valence-corrected chi connectivity index (χ1v) is 5.09. The highest BCUT2D eigenvalue weighted by atomic mass is 16.5. The lowest BCUT2D eigenvalue weighted by molar-refractivity contribution is 0.276. The molecule has 1 aromatic carbocycles. The molecule has 0 aliphatic carbocycles. The maximum absolute atomic E-state index is 8.88. The second-order valence-electron chi connectivity index (χ2n) is 3.24. The normalized spacial score (nSPS) is 10.4. The number of rotatable bonds is 4. The highest BCUT2D eigenvalue weighted by Crippen LogP contribution is 2.14. The monoisotopic (exact) mass is 219 g/mol. The van der Waals surface area contributed by atoms with Gasteiger partial charge in [0.1, 0.15) is 11.4 Å². The van der Waals surface area contributed by atoms with Gasteiger partial charge >= 0.3 is 0 Å². The molecule has 16 heavy (non-hydrogen) atoms. The zero-order valence-corrected chi connectivity index (χ0v) is 9.00. The van der Waals surface area contributed by atoms with Gasteiger partial charge in [-0.1, -0.05) is 5.21 Å². The molecule has 0 radical (unpaired) electrons. The lowest BCUT2D eigenvalue weighted by Crippen LogP contribution is -1.96. The molecule has 0 fully saturated rings. The van der Waals surface area contributed by atoms with Gasteiger partial charge in [0, 0.05) is 0 Å². The quantitative estimate of drug-likeness (QED) is 0.838. The van der Waals surface area contributed by atoms with E-state index in [2.05, 4.69) is 10.3 Å². The van der Waals surface area contributed by atoms with E-state index in [9.17, 15) is 0 Å². The van der Waals surface area contributed by atoms with Gasteiger partial charge in [0.05, 0.1) is 25.1 Å². The average Bonchev–Trinajstić information content (AvgIpc) is 2.79. The van der Waals surface area contributed by atoms with Crippen LogP contribution in [0.15, 0.2) is 30.5 Å². The molecule has 0 aliphatic heterocycles. The maximum atomic E-state index is 8.88. The van der Waals surface area contributed by atoms with E-state index in [1.807, 2.05) is 31.2 Å². The molecule has 0 spiro atoms. The standard InChI is InChI=1S/C11H13N3O2/c1-2-16-11-5-3-10(4-6-11)14-7-9(8-15)12-13-14/h3-7,15H,2,8H2,1H3. The molecular weight excluding hydrogens is 206 g/mol. The van der Waals surface area contributed by atoms with E-state index in [1.54, 1.807) is 10.9 Å². The molecule has 0 unspecified atom stereocenters. The van der Waals surface area contributed by atoms with Gasteiger partial charge in [-0.2, -0.15) is 0 Å². The molecule has 0 saturated carbocycles. The van der Waals surface area contributed by atoms with Gasteiger partial charge in [-0.15, -0.1) is 5.10 Å². The summed E-state index contributed by atoms with van der Waals surface area (Å²) in [6.07, 6.45) is 1.69. The number of nitrogens with zero attached hydrogens (tertiary/aromatic N) is 3. The number of aliphatic hydroxyl groups is 1. The molecule has 0 saturated heterocycles. The Labute approximate surface area is 93.3 Å². The summed E-state index contributed by atoms with van der Waals surface area (Å²) in [5, 5.41) is 16.6.